The van der Waals surface area contributed by atoms with Gasteiger partial charge in [0, 0.05) is 16.0 Å². The van der Waals surface area contributed by atoms with Crippen LogP contribution in [0.25, 0.3) is 0 Å². The normalized spacial score (nSPS) is 17.1. The number of likely N-dealkylation sites (N-methyl/N-ethyl adjacent to an activating group) is 1. The monoisotopic (exact) mass is 205 g/mol. The average Bonchev–Trinajstić information content (AvgIpc) is 2.01. The molecular weight excluding hydrogens is 182 g/mol. The maximum atomic E-state index is 9.24. The molecule has 0 heterocycles. The van der Waals surface area contributed by atoms with E-state index in [9.17, 15) is 5.11 Å². The lowest BCUT2D eigenvalue weighted by Crippen LogP contribution is -2.48. The van der Waals surface area contributed by atoms with E-state index in [0.29, 0.717) is 0 Å². The molecule has 0 spiro atoms. The maximum absolute atomic E-state index is 9.24. The van der Waals surface area contributed by atoms with Crippen LogP contribution in [0.5, 0.6) is 0 Å². The minimum absolute atomic E-state index is 0.132. The van der Waals surface area contributed by atoms with Crippen molar-refractivity contribution in [2.24, 2.45) is 0 Å². The van der Waals surface area contributed by atoms with Crippen molar-refractivity contribution in [1.29, 1.82) is 0 Å². The van der Waals surface area contributed by atoms with E-state index in [2.05, 4.69) is 39.9 Å². The van der Waals surface area contributed by atoms with Crippen molar-refractivity contribution >= 4 is 11.8 Å². The second-order valence-electron chi connectivity index (χ2n) is 4.65. The molecule has 1 atom stereocenters. The number of aliphatic hydroxyl groups is 1. The van der Waals surface area contributed by atoms with Crippen LogP contribution in [0.4, 0.5) is 0 Å². The van der Waals surface area contributed by atoms with Gasteiger partial charge in [-0.05, 0) is 13.5 Å². The molecule has 0 aromatic carbocycles. The van der Waals surface area contributed by atoms with Crippen LogP contribution < -0.4 is 5.32 Å². The smallest absolute Gasteiger partial charge is 0.0618 e. The fraction of sp³-hybridized carbons (Fsp3) is 1.00. The van der Waals surface area contributed by atoms with Gasteiger partial charge >= 0.3 is 0 Å². The minimum Gasteiger partial charge on any atom is -0.394 e. The van der Waals surface area contributed by atoms with Gasteiger partial charge < -0.3 is 10.4 Å². The van der Waals surface area contributed by atoms with E-state index >= 15 is 0 Å². The highest BCUT2D eigenvalue weighted by Crippen LogP contribution is 2.26. The zero-order valence-corrected chi connectivity index (χ0v) is 10.3. The molecular formula is C10H23NOS. The summed E-state index contributed by atoms with van der Waals surface area (Å²) in [5.74, 6) is 0.945. The van der Waals surface area contributed by atoms with Crippen molar-refractivity contribution in [3.05, 3.63) is 0 Å². The Hall–Kier alpha value is 0.270. The molecule has 0 aliphatic carbocycles. The van der Waals surface area contributed by atoms with Crippen molar-refractivity contribution in [3.8, 4) is 0 Å². The molecule has 0 amide bonds. The van der Waals surface area contributed by atoms with Crippen molar-refractivity contribution < 1.29 is 5.11 Å². The number of thioether (sulfide) groups is 1. The molecule has 0 aliphatic heterocycles. The molecule has 1 unspecified atom stereocenters. The Morgan fingerprint density at radius 3 is 2.08 bits per heavy atom. The second kappa shape index (κ2) is 5.23. The van der Waals surface area contributed by atoms with Crippen molar-refractivity contribution in [3.63, 3.8) is 0 Å². The Morgan fingerprint density at radius 2 is 1.77 bits per heavy atom. The summed E-state index contributed by atoms with van der Waals surface area (Å²) < 4.78 is 0.270. The summed E-state index contributed by atoms with van der Waals surface area (Å²) in [6, 6.07) is 0. The quantitative estimate of drug-likeness (QED) is 0.719. The molecule has 0 saturated heterocycles. The van der Waals surface area contributed by atoms with Gasteiger partial charge in [-0.3, -0.25) is 0 Å². The zero-order valence-electron chi connectivity index (χ0n) is 9.48. The third-order valence-electron chi connectivity index (χ3n) is 1.78. The molecule has 2 nitrogen and oxygen atoms in total. The van der Waals surface area contributed by atoms with Gasteiger partial charge in [0.25, 0.3) is 0 Å². The molecule has 3 heteroatoms. The molecule has 13 heavy (non-hydrogen) atoms. The van der Waals surface area contributed by atoms with Crippen LogP contribution >= 0.6 is 11.8 Å². The van der Waals surface area contributed by atoms with Gasteiger partial charge in [-0.15, -0.1) is 0 Å². The highest BCUT2D eigenvalue weighted by molar-refractivity contribution is 8.00. The molecule has 0 bridgehead atoms. The van der Waals surface area contributed by atoms with Gasteiger partial charge in [0.2, 0.25) is 0 Å². The summed E-state index contributed by atoms with van der Waals surface area (Å²) in [5.41, 5.74) is -0.132. The van der Waals surface area contributed by atoms with Crippen molar-refractivity contribution in [2.45, 2.75) is 44.9 Å². The lowest BCUT2D eigenvalue weighted by molar-refractivity contribution is 0.194. The summed E-state index contributed by atoms with van der Waals surface area (Å²) >= 11 is 1.88. The highest BCUT2D eigenvalue weighted by atomic mass is 32.2. The molecule has 0 fully saturated rings. The number of hydrogen-bond donors (Lipinski definition) is 2. The molecule has 0 aromatic rings. The van der Waals surface area contributed by atoms with E-state index in [1.54, 1.807) is 0 Å². The van der Waals surface area contributed by atoms with Gasteiger partial charge in [0.1, 0.15) is 0 Å². The van der Waals surface area contributed by atoms with Gasteiger partial charge in [-0.1, -0.05) is 27.7 Å². The fourth-order valence-corrected chi connectivity index (χ4v) is 1.90. The lowest BCUT2D eigenvalue weighted by atomic mass is 10.1. The van der Waals surface area contributed by atoms with Crippen LogP contribution in [0.1, 0.15) is 34.6 Å². The SMILES string of the molecule is CCNC(C)(CO)CSC(C)(C)C. The van der Waals surface area contributed by atoms with Gasteiger partial charge in [0.15, 0.2) is 0 Å². The van der Waals surface area contributed by atoms with Gasteiger partial charge in [-0.25, -0.2) is 0 Å². The van der Waals surface area contributed by atoms with E-state index < -0.39 is 0 Å². The molecule has 0 aliphatic rings. The first-order valence-electron chi connectivity index (χ1n) is 4.83. The third-order valence-corrected chi connectivity index (χ3v) is 3.42. The van der Waals surface area contributed by atoms with Crippen LogP contribution in [0, 0.1) is 0 Å². The molecule has 0 aromatic heterocycles. The maximum Gasteiger partial charge on any atom is 0.0618 e. The van der Waals surface area contributed by atoms with E-state index in [4.69, 9.17) is 0 Å². The summed E-state index contributed by atoms with van der Waals surface area (Å²) in [5, 5.41) is 12.5. The Morgan fingerprint density at radius 1 is 1.23 bits per heavy atom. The number of aliphatic hydroxyl groups excluding tert-OH is 1. The molecule has 0 saturated carbocycles. The Kier molecular flexibility index (Phi) is 5.33. The topological polar surface area (TPSA) is 32.3 Å². The van der Waals surface area contributed by atoms with Crippen LogP contribution in [0.2, 0.25) is 0 Å². The van der Waals surface area contributed by atoms with Crippen LogP contribution in [0.15, 0.2) is 0 Å². The van der Waals surface area contributed by atoms with Gasteiger partial charge in [0.05, 0.1) is 6.61 Å². The predicted molar refractivity (Wildman–Crippen MR) is 61.4 cm³/mol. The molecule has 2 N–H and O–H groups in total. The number of nitrogens with one attached hydrogen (secondary N) is 1. The zero-order chi connectivity index (χ0) is 10.5. The van der Waals surface area contributed by atoms with E-state index in [1.807, 2.05) is 11.8 Å². The van der Waals surface area contributed by atoms with E-state index in [-0.39, 0.29) is 16.9 Å². The first-order valence-corrected chi connectivity index (χ1v) is 5.81. The molecule has 0 rings (SSSR count). The first kappa shape index (κ1) is 13.3. The van der Waals surface area contributed by atoms with Gasteiger partial charge in [-0.2, -0.15) is 11.8 Å². The highest BCUT2D eigenvalue weighted by Gasteiger charge is 2.24. The fourth-order valence-electron chi connectivity index (χ4n) is 0.955. The van der Waals surface area contributed by atoms with Crippen molar-refractivity contribution in [2.75, 3.05) is 18.9 Å². The van der Waals surface area contributed by atoms with Crippen LogP contribution in [0.3, 0.4) is 0 Å². The summed E-state index contributed by atoms with van der Waals surface area (Å²) in [7, 11) is 0. The van der Waals surface area contributed by atoms with Crippen LogP contribution in [-0.2, 0) is 0 Å². The minimum atomic E-state index is -0.132. The Balaban J connectivity index is 3.97. The van der Waals surface area contributed by atoms with E-state index in [1.165, 1.54) is 0 Å². The third kappa shape index (κ3) is 6.36. The summed E-state index contributed by atoms with van der Waals surface area (Å²) in [6.45, 7) is 11.8. The second-order valence-corrected chi connectivity index (χ2v) is 6.45. The summed E-state index contributed by atoms with van der Waals surface area (Å²) in [4.78, 5) is 0. The largest absolute Gasteiger partial charge is 0.394 e. The number of rotatable bonds is 5. The Labute approximate surface area is 86.5 Å². The predicted octanol–water partition coefficient (Wildman–Crippen LogP) is 1.88. The summed E-state index contributed by atoms with van der Waals surface area (Å²) in [6.07, 6.45) is 0. The molecule has 0 radical (unpaired) electrons. The number of hydrogen-bond acceptors (Lipinski definition) is 3. The Bertz CT molecular complexity index is 144. The lowest BCUT2D eigenvalue weighted by Gasteiger charge is -2.31. The first-order chi connectivity index (χ1) is 5.83. The van der Waals surface area contributed by atoms with Crippen LogP contribution in [-0.4, -0.2) is 34.3 Å². The average molecular weight is 205 g/mol. The molecule has 80 valence electrons. The van der Waals surface area contributed by atoms with E-state index in [0.717, 1.165) is 12.3 Å². The van der Waals surface area contributed by atoms with Crippen molar-refractivity contribution in [1.82, 2.24) is 5.32 Å². The standard InChI is InChI=1S/C10H23NOS/c1-6-11-10(5,7-12)8-13-9(2,3)4/h11-12H,6-8H2,1-5H3.